The molecule has 2 heterocycles. The first-order chi connectivity index (χ1) is 9.24. The number of hydrogen-bond acceptors (Lipinski definition) is 3. The van der Waals surface area contributed by atoms with Crippen LogP contribution in [0.25, 0.3) is 0 Å². The molecule has 0 radical (unpaired) electrons. The topological polar surface area (TPSA) is 44.0 Å². The highest BCUT2D eigenvalue weighted by atomic mass is 15.1. The standard InChI is InChI=1S/C15H28N4/c1-13-9-14(2)12-19(11-13)8-4-3-5-16-10-15-17-6-7-18-15/h6-7,13-14,16H,3-5,8-12H2,1-2H3,(H,17,18). The fourth-order valence-electron chi connectivity index (χ4n) is 3.16. The Hall–Kier alpha value is -0.870. The first kappa shape index (κ1) is 14.5. The van der Waals surface area contributed by atoms with Gasteiger partial charge in [0, 0.05) is 25.5 Å². The van der Waals surface area contributed by atoms with Crippen molar-refractivity contribution in [1.82, 2.24) is 20.2 Å². The molecule has 0 spiro atoms. The average Bonchev–Trinajstić information content (AvgIpc) is 2.85. The second-order valence-corrected chi connectivity index (χ2v) is 6.13. The summed E-state index contributed by atoms with van der Waals surface area (Å²) in [6, 6.07) is 0. The molecule has 108 valence electrons. The van der Waals surface area contributed by atoms with Gasteiger partial charge in [0.15, 0.2) is 0 Å². The molecule has 0 aliphatic carbocycles. The van der Waals surface area contributed by atoms with Gasteiger partial charge in [0.2, 0.25) is 0 Å². The van der Waals surface area contributed by atoms with Crippen molar-refractivity contribution < 1.29 is 0 Å². The zero-order chi connectivity index (χ0) is 13.5. The Morgan fingerprint density at radius 1 is 1.32 bits per heavy atom. The summed E-state index contributed by atoms with van der Waals surface area (Å²) < 4.78 is 0. The number of nitrogens with one attached hydrogen (secondary N) is 2. The molecule has 1 aliphatic heterocycles. The molecule has 1 aromatic heterocycles. The molecule has 0 bridgehead atoms. The van der Waals surface area contributed by atoms with Crippen LogP contribution in [0.15, 0.2) is 12.4 Å². The highest BCUT2D eigenvalue weighted by molar-refractivity contribution is 4.85. The van der Waals surface area contributed by atoms with Crippen molar-refractivity contribution in [2.45, 2.75) is 39.7 Å². The maximum absolute atomic E-state index is 4.20. The lowest BCUT2D eigenvalue weighted by Crippen LogP contribution is -2.39. The van der Waals surface area contributed by atoms with E-state index < -0.39 is 0 Å². The van der Waals surface area contributed by atoms with E-state index in [9.17, 15) is 0 Å². The number of piperidine rings is 1. The first-order valence-electron chi connectivity index (χ1n) is 7.65. The van der Waals surface area contributed by atoms with Crippen molar-refractivity contribution >= 4 is 0 Å². The van der Waals surface area contributed by atoms with E-state index >= 15 is 0 Å². The van der Waals surface area contributed by atoms with Crippen LogP contribution >= 0.6 is 0 Å². The minimum Gasteiger partial charge on any atom is -0.348 e. The highest BCUT2D eigenvalue weighted by Crippen LogP contribution is 2.20. The predicted molar refractivity (Wildman–Crippen MR) is 78.9 cm³/mol. The number of rotatable bonds is 7. The van der Waals surface area contributed by atoms with E-state index in [4.69, 9.17) is 0 Å². The van der Waals surface area contributed by atoms with Gasteiger partial charge < -0.3 is 15.2 Å². The minimum absolute atomic E-state index is 0.852. The Morgan fingerprint density at radius 2 is 2.11 bits per heavy atom. The van der Waals surface area contributed by atoms with E-state index in [1.54, 1.807) is 6.20 Å². The van der Waals surface area contributed by atoms with E-state index in [0.717, 1.165) is 30.7 Å². The third-order valence-corrected chi connectivity index (χ3v) is 3.87. The van der Waals surface area contributed by atoms with Crippen molar-refractivity contribution in [2.24, 2.45) is 11.8 Å². The Balaban J connectivity index is 1.49. The first-order valence-corrected chi connectivity index (χ1v) is 7.65. The van der Waals surface area contributed by atoms with Crippen molar-refractivity contribution in [3.05, 3.63) is 18.2 Å². The SMILES string of the molecule is CC1CC(C)CN(CCCCNCc2ncc[nH]2)C1. The quantitative estimate of drug-likeness (QED) is 0.742. The third-order valence-electron chi connectivity index (χ3n) is 3.87. The summed E-state index contributed by atoms with van der Waals surface area (Å²) in [5.74, 6) is 2.78. The van der Waals surface area contributed by atoms with Crippen LogP contribution in [0.3, 0.4) is 0 Å². The predicted octanol–water partition coefficient (Wildman–Crippen LogP) is 2.26. The van der Waals surface area contributed by atoms with Crippen LogP contribution in [0.5, 0.6) is 0 Å². The number of hydrogen-bond donors (Lipinski definition) is 2. The largest absolute Gasteiger partial charge is 0.348 e. The number of nitrogens with zero attached hydrogens (tertiary/aromatic N) is 2. The van der Waals surface area contributed by atoms with Crippen LogP contribution in [0.1, 0.15) is 38.9 Å². The fraction of sp³-hybridized carbons (Fsp3) is 0.800. The van der Waals surface area contributed by atoms with Gasteiger partial charge >= 0.3 is 0 Å². The van der Waals surface area contributed by atoms with Gasteiger partial charge in [-0.15, -0.1) is 0 Å². The molecule has 2 N–H and O–H groups in total. The number of aromatic amines is 1. The van der Waals surface area contributed by atoms with Crippen LogP contribution in [0.4, 0.5) is 0 Å². The molecule has 4 nitrogen and oxygen atoms in total. The number of unbranched alkanes of at least 4 members (excludes halogenated alkanes) is 1. The van der Waals surface area contributed by atoms with Crippen molar-refractivity contribution in [1.29, 1.82) is 0 Å². The van der Waals surface area contributed by atoms with Gasteiger partial charge in [-0.3, -0.25) is 0 Å². The monoisotopic (exact) mass is 264 g/mol. The average molecular weight is 264 g/mol. The van der Waals surface area contributed by atoms with Crippen LogP contribution < -0.4 is 5.32 Å². The summed E-state index contributed by atoms with van der Waals surface area (Å²) in [4.78, 5) is 9.95. The summed E-state index contributed by atoms with van der Waals surface area (Å²) in [6.45, 7) is 10.6. The number of aromatic nitrogens is 2. The molecular weight excluding hydrogens is 236 g/mol. The van der Waals surface area contributed by atoms with E-state index in [1.807, 2.05) is 6.20 Å². The maximum Gasteiger partial charge on any atom is 0.120 e. The van der Waals surface area contributed by atoms with Gasteiger partial charge in [-0.05, 0) is 44.2 Å². The maximum atomic E-state index is 4.20. The van der Waals surface area contributed by atoms with Crippen LogP contribution in [-0.4, -0.2) is 41.0 Å². The number of H-pyrrole nitrogens is 1. The molecule has 4 heteroatoms. The molecule has 1 aliphatic rings. The summed E-state index contributed by atoms with van der Waals surface area (Å²) in [7, 11) is 0. The molecule has 2 rings (SSSR count). The fourth-order valence-corrected chi connectivity index (χ4v) is 3.16. The normalized spacial score (nSPS) is 24.7. The molecule has 0 saturated carbocycles. The summed E-state index contributed by atoms with van der Waals surface area (Å²) >= 11 is 0. The van der Waals surface area contributed by atoms with E-state index in [2.05, 4.69) is 34.0 Å². The number of likely N-dealkylation sites (tertiary alicyclic amines) is 1. The number of imidazole rings is 1. The third kappa shape index (κ3) is 5.33. The molecule has 1 fully saturated rings. The Morgan fingerprint density at radius 3 is 2.79 bits per heavy atom. The summed E-state index contributed by atoms with van der Waals surface area (Å²) in [5, 5.41) is 3.43. The van der Waals surface area contributed by atoms with Gasteiger partial charge in [-0.25, -0.2) is 4.98 Å². The Bertz CT molecular complexity index is 326. The van der Waals surface area contributed by atoms with E-state index in [-0.39, 0.29) is 0 Å². The summed E-state index contributed by atoms with van der Waals surface area (Å²) in [5.41, 5.74) is 0. The molecule has 19 heavy (non-hydrogen) atoms. The second-order valence-electron chi connectivity index (χ2n) is 6.13. The molecule has 0 aromatic carbocycles. The highest BCUT2D eigenvalue weighted by Gasteiger charge is 2.20. The zero-order valence-electron chi connectivity index (χ0n) is 12.4. The molecular formula is C15H28N4. The van der Waals surface area contributed by atoms with Crippen molar-refractivity contribution in [3.63, 3.8) is 0 Å². The van der Waals surface area contributed by atoms with Gasteiger partial charge in [-0.1, -0.05) is 13.8 Å². The molecule has 1 aromatic rings. The lowest BCUT2D eigenvalue weighted by Gasteiger charge is -2.34. The molecule has 0 amide bonds. The minimum atomic E-state index is 0.852. The van der Waals surface area contributed by atoms with E-state index in [1.165, 1.54) is 38.9 Å². The molecule has 2 unspecified atom stereocenters. The van der Waals surface area contributed by atoms with Crippen LogP contribution in [0.2, 0.25) is 0 Å². The van der Waals surface area contributed by atoms with Crippen LogP contribution in [0, 0.1) is 11.8 Å². The lowest BCUT2D eigenvalue weighted by atomic mass is 9.92. The Labute approximate surface area is 117 Å². The van der Waals surface area contributed by atoms with Gasteiger partial charge in [-0.2, -0.15) is 0 Å². The lowest BCUT2D eigenvalue weighted by molar-refractivity contribution is 0.139. The van der Waals surface area contributed by atoms with Crippen molar-refractivity contribution in [2.75, 3.05) is 26.2 Å². The van der Waals surface area contributed by atoms with Gasteiger partial charge in [0.1, 0.15) is 5.82 Å². The van der Waals surface area contributed by atoms with E-state index in [0.29, 0.717) is 0 Å². The summed E-state index contributed by atoms with van der Waals surface area (Å²) in [6.07, 6.45) is 7.62. The Kier molecular flexibility index (Phi) is 5.86. The van der Waals surface area contributed by atoms with Crippen molar-refractivity contribution in [3.8, 4) is 0 Å². The zero-order valence-corrected chi connectivity index (χ0v) is 12.4. The molecule has 2 atom stereocenters. The molecule has 1 saturated heterocycles. The van der Waals surface area contributed by atoms with Crippen LogP contribution in [-0.2, 0) is 6.54 Å². The second kappa shape index (κ2) is 7.65. The van der Waals surface area contributed by atoms with Gasteiger partial charge in [0.25, 0.3) is 0 Å². The smallest absolute Gasteiger partial charge is 0.120 e. The van der Waals surface area contributed by atoms with Gasteiger partial charge in [0.05, 0.1) is 6.54 Å².